The van der Waals surface area contributed by atoms with Crippen LogP contribution in [-0.4, -0.2) is 71.2 Å². The van der Waals surface area contributed by atoms with Gasteiger partial charge in [0.2, 0.25) is 11.9 Å². The number of benzene rings is 2. The molecule has 0 spiro atoms. The largest absolute Gasteiger partial charge is 0.356 e. The molecule has 8 nitrogen and oxygen atoms in total. The first-order valence-corrected chi connectivity index (χ1v) is 14.1. The Hall–Kier alpha value is -3.91. The van der Waals surface area contributed by atoms with Crippen LogP contribution in [0.3, 0.4) is 0 Å². The highest BCUT2D eigenvalue weighted by Gasteiger charge is 2.22. The molecule has 2 aliphatic heterocycles. The molecule has 0 atom stereocenters. The minimum absolute atomic E-state index is 0.0192. The number of fused-ring (bicyclic) bond motifs is 1. The Bertz CT molecular complexity index is 1420. The summed E-state index contributed by atoms with van der Waals surface area (Å²) in [6.45, 7) is 8.67. The van der Waals surface area contributed by atoms with E-state index in [-0.39, 0.29) is 5.91 Å². The minimum Gasteiger partial charge on any atom is -0.356 e. The lowest BCUT2D eigenvalue weighted by atomic mass is 10.1. The van der Waals surface area contributed by atoms with Crippen molar-refractivity contribution in [3.8, 4) is 0 Å². The topological polar surface area (TPSA) is 69.5 Å². The Labute approximate surface area is 230 Å². The lowest BCUT2D eigenvalue weighted by Crippen LogP contribution is -2.49. The van der Waals surface area contributed by atoms with Gasteiger partial charge in [-0.1, -0.05) is 30.3 Å². The number of nitrogens with one attached hydrogen (secondary N) is 1. The molecular weight excluding hydrogens is 486 g/mol. The second-order valence-corrected chi connectivity index (χ2v) is 10.7. The monoisotopic (exact) mass is 523 g/mol. The average molecular weight is 524 g/mol. The summed E-state index contributed by atoms with van der Waals surface area (Å²) in [6.07, 6.45) is 5.87. The number of hydrogen-bond donors (Lipinski definition) is 1. The van der Waals surface area contributed by atoms with Gasteiger partial charge in [-0.05, 0) is 56.0 Å². The first-order valence-electron chi connectivity index (χ1n) is 14.1. The van der Waals surface area contributed by atoms with Crippen LogP contribution < -0.4 is 15.1 Å². The number of rotatable bonds is 7. The number of anilines is 3. The lowest BCUT2D eigenvalue weighted by molar-refractivity contribution is -0.117. The van der Waals surface area contributed by atoms with Crippen LogP contribution in [0, 0.1) is 6.92 Å². The summed E-state index contributed by atoms with van der Waals surface area (Å²) < 4.78 is 2.24. The maximum atomic E-state index is 12.9. The van der Waals surface area contributed by atoms with Crippen LogP contribution in [0.25, 0.3) is 10.9 Å². The fourth-order valence-corrected chi connectivity index (χ4v) is 5.67. The zero-order valence-electron chi connectivity index (χ0n) is 22.7. The van der Waals surface area contributed by atoms with Crippen molar-refractivity contribution in [1.82, 2.24) is 19.4 Å². The molecule has 0 bridgehead atoms. The number of piperidine rings is 1. The molecule has 39 heavy (non-hydrogen) atoms. The maximum absolute atomic E-state index is 12.9. The van der Waals surface area contributed by atoms with Gasteiger partial charge in [0.1, 0.15) is 5.82 Å². The molecule has 2 aromatic carbocycles. The predicted molar refractivity (Wildman–Crippen MR) is 158 cm³/mol. The van der Waals surface area contributed by atoms with Gasteiger partial charge in [0.25, 0.3) is 0 Å². The summed E-state index contributed by atoms with van der Waals surface area (Å²) in [4.78, 5) is 29.4. The van der Waals surface area contributed by atoms with Gasteiger partial charge in [0.05, 0.1) is 6.54 Å². The highest BCUT2D eigenvalue weighted by atomic mass is 16.2. The number of aromatic nitrogens is 3. The van der Waals surface area contributed by atoms with Gasteiger partial charge in [0, 0.05) is 80.4 Å². The molecule has 0 unspecified atom stereocenters. The number of piperazine rings is 1. The van der Waals surface area contributed by atoms with Gasteiger partial charge < -0.3 is 19.7 Å². The molecule has 4 aromatic rings. The second kappa shape index (κ2) is 11.5. The van der Waals surface area contributed by atoms with Crippen LogP contribution in [0.15, 0.2) is 66.9 Å². The van der Waals surface area contributed by atoms with E-state index in [0.717, 1.165) is 79.9 Å². The average Bonchev–Trinajstić information content (AvgIpc) is 3.35. The normalized spacial score (nSPS) is 16.5. The first kappa shape index (κ1) is 25.4. The highest BCUT2D eigenvalue weighted by Crippen LogP contribution is 2.23. The maximum Gasteiger partial charge on any atom is 0.238 e. The summed E-state index contributed by atoms with van der Waals surface area (Å²) in [5.41, 5.74) is 4.27. The van der Waals surface area contributed by atoms with Gasteiger partial charge >= 0.3 is 0 Å². The van der Waals surface area contributed by atoms with E-state index in [1.165, 1.54) is 24.8 Å². The van der Waals surface area contributed by atoms with Crippen LogP contribution in [0.1, 0.15) is 30.5 Å². The van der Waals surface area contributed by atoms with Crippen LogP contribution >= 0.6 is 0 Å². The van der Waals surface area contributed by atoms with E-state index >= 15 is 0 Å². The van der Waals surface area contributed by atoms with E-state index < -0.39 is 0 Å². The molecule has 8 heteroatoms. The third kappa shape index (κ3) is 6.06. The summed E-state index contributed by atoms with van der Waals surface area (Å²) in [7, 11) is 0. The lowest BCUT2D eigenvalue weighted by Gasteiger charge is -2.35. The zero-order chi connectivity index (χ0) is 26.6. The van der Waals surface area contributed by atoms with E-state index in [2.05, 4.69) is 86.2 Å². The molecule has 2 aliphatic rings. The smallest absolute Gasteiger partial charge is 0.238 e. The van der Waals surface area contributed by atoms with Crippen molar-refractivity contribution < 1.29 is 4.79 Å². The van der Waals surface area contributed by atoms with Crippen molar-refractivity contribution in [3.63, 3.8) is 0 Å². The molecule has 0 aliphatic carbocycles. The number of nitrogens with zero attached hydrogens (tertiary/aromatic N) is 6. The third-order valence-electron chi connectivity index (χ3n) is 7.78. The molecule has 202 valence electrons. The van der Waals surface area contributed by atoms with Crippen molar-refractivity contribution in [2.75, 3.05) is 60.9 Å². The molecule has 1 amide bonds. The molecule has 0 radical (unpaired) electrons. The highest BCUT2D eigenvalue weighted by molar-refractivity contribution is 5.95. The van der Waals surface area contributed by atoms with Crippen molar-refractivity contribution in [1.29, 1.82) is 0 Å². The van der Waals surface area contributed by atoms with Gasteiger partial charge in [-0.2, -0.15) is 4.98 Å². The summed E-state index contributed by atoms with van der Waals surface area (Å²) in [5.74, 6) is 1.88. The molecule has 0 saturated carbocycles. The zero-order valence-corrected chi connectivity index (χ0v) is 22.7. The first-order chi connectivity index (χ1) is 19.1. The Morgan fingerprint density at radius 1 is 0.846 bits per heavy atom. The Morgan fingerprint density at radius 2 is 1.64 bits per heavy atom. The summed E-state index contributed by atoms with van der Waals surface area (Å²) in [5, 5.41) is 4.23. The fraction of sp³-hybridized carbons (Fsp3) is 0.387. The summed E-state index contributed by atoms with van der Waals surface area (Å²) in [6, 6.07) is 20.8. The van der Waals surface area contributed by atoms with Crippen LogP contribution in [-0.2, 0) is 11.3 Å². The molecule has 1 N–H and O–H groups in total. The van der Waals surface area contributed by atoms with Crippen LogP contribution in [0.5, 0.6) is 0 Å². The number of carbonyl (C=O) groups excluding carboxylic acids is 1. The fourth-order valence-electron chi connectivity index (χ4n) is 5.67. The van der Waals surface area contributed by atoms with E-state index in [4.69, 9.17) is 9.97 Å². The number of carbonyl (C=O) groups is 1. The SMILES string of the molecule is Cc1cc(N2CCCCC2)nc(N2CCN(CC(=O)Nc3ccc4c(ccn4Cc4ccccc4)c3)CC2)n1. The third-order valence-corrected chi connectivity index (χ3v) is 7.78. The molecule has 6 rings (SSSR count). The molecular formula is C31H37N7O. The standard InChI is InChI=1S/C31H37N7O/c1-24-20-29(36-13-6-3-7-14-36)34-31(32-24)37-18-16-35(17-19-37)23-30(39)33-27-10-11-28-26(21-27)12-15-38(28)22-25-8-4-2-5-9-25/h2,4-5,8-12,15,20-21H,3,6-7,13-14,16-19,22-23H2,1H3,(H,33,39). The van der Waals surface area contributed by atoms with Gasteiger partial charge in [-0.25, -0.2) is 4.98 Å². The molecule has 4 heterocycles. The minimum atomic E-state index is 0.0192. The number of aryl methyl sites for hydroxylation is 1. The van der Waals surface area contributed by atoms with E-state index in [1.54, 1.807) is 0 Å². The van der Waals surface area contributed by atoms with Gasteiger partial charge in [0.15, 0.2) is 0 Å². The van der Waals surface area contributed by atoms with Crippen molar-refractivity contribution in [3.05, 3.63) is 78.1 Å². The Balaban J connectivity index is 1.03. The second-order valence-electron chi connectivity index (χ2n) is 10.7. The van der Waals surface area contributed by atoms with Crippen LogP contribution in [0.2, 0.25) is 0 Å². The molecule has 2 fully saturated rings. The quantitative estimate of drug-likeness (QED) is 0.384. The van der Waals surface area contributed by atoms with Crippen molar-refractivity contribution in [2.24, 2.45) is 0 Å². The molecule has 2 saturated heterocycles. The van der Waals surface area contributed by atoms with Gasteiger partial charge in [-0.3, -0.25) is 9.69 Å². The Morgan fingerprint density at radius 3 is 2.44 bits per heavy atom. The van der Waals surface area contributed by atoms with E-state index in [0.29, 0.717) is 6.54 Å². The Kier molecular flexibility index (Phi) is 7.45. The van der Waals surface area contributed by atoms with E-state index in [1.807, 2.05) is 12.1 Å². The summed E-state index contributed by atoms with van der Waals surface area (Å²) >= 11 is 0. The van der Waals surface area contributed by atoms with Gasteiger partial charge in [-0.15, -0.1) is 0 Å². The van der Waals surface area contributed by atoms with Crippen molar-refractivity contribution in [2.45, 2.75) is 32.7 Å². The number of hydrogen-bond acceptors (Lipinski definition) is 6. The molecule has 2 aromatic heterocycles. The predicted octanol–water partition coefficient (Wildman–Crippen LogP) is 4.54. The van der Waals surface area contributed by atoms with E-state index in [9.17, 15) is 4.79 Å². The number of amides is 1. The van der Waals surface area contributed by atoms with Crippen LogP contribution in [0.4, 0.5) is 17.5 Å². The van der Waals surface area contributed by atoms with Crippen molar-refractivity contribution >= 4 is 34.3 Å².